The van der Waals surface area contributed by atoms with Crippen LogP contribution in [0.1, 0.15) is 29.5 Å². The molecule has 0 radical (unpaired) electrons. The second-order valence-electron chi connectivity index (χ2n) is 4.32. The van der Waals surface area contributed by atoms with E-state index in [2.05, 4.69) is 15.4 Å². The van der Waals surface area contributed by atoms with Crippen molar-refractivity contribution in [1.82, 2.24) is 24.8 Å². The SMILES string of the molecule is CCCn1ncc(OC)c1C(=O)Cn1cc(CN)nn1. The molecule has 2 aromatic rings. The van der Waals surface area contributed by atoms with E-state index in [1.807, 2.05) is 6.92 Å². The molecule has 2 aromatic heterocycles. The lowest BCUT2D eigenvalue weighted by atomic mass is 10.2. The van der Waals surface area contributed by atoms with E-state index in [-0.39, 0.29) is 12.3 Å². The normalized spacial score (nSPS) is 10.8. The third-order valence-corrected chi connectivity index (χ3v) is 2.83. The summed E-state index contributed by atoms with van der Waals surface area (Å²) in [7, 11) is 1.52. The van der Waals surface area contributed by atoms with Crippen LogP contribution in [-0.4, -0.2) is 37.7 Å². The third-order valence-electron chi connectivity index (χ3n) is 2.83. The highest BCUT2D eigenvalue weighted by atomic mass is 16.5. The Morgan fingerprint density at radius 2 is 2.30 bits per heavy atom. The first-order valence-electron chi connectivity index (χ1n) is 6.41. The Hall–Kier alpha value is -2.22. The Morgan fingerprint density at radius 3 is 2.90 bits per heavy atom. The maximum Gasteiger partial charge on any atom is 0.206 e. The van der Waals surface area contributed by atoms with Crippen LogP contribution in [-0.2, 0) is 19.6 Å². The minimum absolute atomic E-state index is 0.0821. The molecule has 0 aliphatic carbocycles. The van der Waals surface area contributed by atoms with Crippen molar-refractivity contribution in [2.45, 2.75) is 33.0 Å². The molecule has 0 unspecified atom stereocenters. The number of aryl methyl sites for hydroxylation is 1. The lowest BCUT2D eigenvalue weighted by Crippen LogP contribution is -2.17. The Kier molecular flexibility index (Phi) is 4.46. The minimum atomic E-state index is -0.124. The van der Waals surface area contributed by atoms with Crippen molar-refractivity contribution in [2.75, 3.05) is 7.11 Å². The van der Waals surface area contributed by atoms with Gasteiger partial charge in [-0.25, -0.2) is 4.68 Å². The quantitative estimate of drug-likeness (QED) is 0.728. The first-order valence-corrected chi connectivity index (χ1v) is 6.41. The fraction of sp³-hybridized carbons (Fsp3) is 0.500. The van der Waals surface area contributed by atoms with Gasteiger partial charge in [-0.15, -0.1) is 5.10 Å². The molecule has 0 bridgehead atoms. The van der Waals surface area contributed by atoms with Crippen LogP contribution in [0.25, 0.3) is 0 Å². The minimum Gasteiger partial charge on any atom is -0.493 e. The zero-order chi connectivity index (χ0) is 14.5. The predicted molar refractivity (Wildman–Crippen MR) is 71.3 cm³/mol. The second kappa shape index (κ2) is 6.29. The molecular weight excluding hydrogens is 260 g/mol. The zero-order valence-corrected chi connectivity index (χ0v) is 11.6. The van der Waals surface area contributed by atoms with Crippen molar-refractivity contribution in [3.8, 4) is 5.75 Å². The topological polar surface area (TPSA) is 101 Å². The van der Waals surface area contributed by atoms with Gasteiger partial charge in [-0.05, 0) is 6.42 Å². The molecule has 0 aliphatic heterocycles. The van der Waals surface area contributed by atoms with Gasteiger partial charge in [0, 0.05) is 13.1 Å². The number of nitrogens with two attached hydrogens (primary N) is 1. The number of Topliss-reactive ketones (excluding diaryl/α,β-unsaturated/α-hetero) is 1. The van der Waals surface area contributed by atoms with Gasteiger partial charge in [0.15, 0.2) is 5.75 Å². The fourth-order valence-corrected chi connectivity index (χ4v) is 1.91. The van der Waals surface area contributed by atoms with Crippen LogP contribution in [0.5, 0.6) is 5.75 Å². The van der Waals surface area contributed by atoms with Crippen LogP contribution in [0.3, 0.4) is 0 Å². The molecule has 108 valence electrons. The molecule has 0 amide bonds. The Balaban J connectivity index is 2.21. The smallest absolute Gasteiger partial charge is 0.206 e. The van der Waals surface area contributed by atoms with Gasteiger partial charge in [0.05, 0.1) is 25.2 Å². The summed E-state index contributed by atoms with van der Waals surface area (Å²) < 4.78 is 8.31. The first-order chi connectivity index (χ1) is 9.69. The van der Waals surface area contributed by atoms with Crippen molar-refractivity contribution in [1.29, 1.82) is 0 Å². The summed E-state index contributed by atoms with van der Waals surface area (Å²) in [6.45, 7) is 3.06. The molecule has 0 saturated heterocycles. The van der Waals surface area contributed by atoms with Gasteiger partial charge in [-0.1, -0.05) is 12.1 Å². The first kappa shape index (κ1) is 14.2. The van der Waals surface area contributed by atoms with E-state index in [9.17, 15) is 4.79 Å². The van der Waals surface area contributed by atoms with Crippen LogP contribution in [0, 0.1) is 0 Å². The lowest BCUT2D eigenvalue weighted by molar-refractivity contribution is 0.0953. The molecule has 0 saturated carbocycles. The maximum atomic E-state index is 12.4. The van der Waals surface area contributed by atoms with Crippen molar-refractivity contribution in [3.05, 3.63) is 23.8 Å². The summed E-state index contributed by atoms with van der Waals surface area (Å²) in [4.78, 5) is 12.4. The van der Waals surface area contributed by atoms with E-state index < -0.39 is 0 Å². The largest absolute Gasteiger partial charge is 0.493 e. The highest BCUT2D eigenvalue weighted by Crippen LogP contribution is 2.19. The summed E-state index contributed by atoms with van der Waals surface area (Å²) >= 11 is 0. The van der Waals surface area contributed by atoms with E-state index >= 15 is 0 Å². The summed E-state index contributed by atoms with van der Waals surface area (Å²) in [6.07, 6.45) is 4.09. The number of ether oxygens (including phenoxy) is 1. The number of methoxy groups -OCH3 is 1. The molecule has 20 heavy (non-hydrogen) atoms. The van der Waals surface area contributed by atoms with E-state index in [1.165, 1.54) is 11.8 Å². The molecule has 0 spiro atoms. The highest BCUT2D eigenvalue weighted by Gasteiger charge is 2.20. The van der Waals surface area contributed by atoms with Gasteiger partial charge >= 0.3 is 0 Å². The number of carbonyl (C=O) groups excluding carboxylic acids is 1. The average molecular weight is 278 g/mol. The van der Waals surface area contributed by atoms with E-state index in [0.29, 0.717) is 30.2 Å². The summed E-state index contributed by atoms with van der Waals surface area (Å²) in [5.41, 5.74) is 6.57. The standard InChI is InChI=1S/C12H18N6O2/c1-3-4-18-12(11(20-2)6-14-18)10(19)8-17-7-9(5-13)15-16-17/h6-7H,3-5,8,13H2,1-2H3. The summed E-state index contributed by atoms with van der Waals surface area (Å²) in [5, 5.41) is 11.9. The third kappa shape index (κ3) is 2.85. The van der Waals surface area contributed by atoms with Crippen LogP contribution >= 0.6 is 0 Å². The second-order valence-corrected chi connectivity index (χ2v) is 4.32. The number of nitrogens with zero attached hydrogens (tertiary/aromatic N) is 5. The number of hydrogen-bond donors (Lipinski definition) is 1. The van der Waals surface area contributed by atoms with Crippen molar-refractivity contribution in [2.24, 2.45) is 5.73 Å². The molecule has 2 heterocycles. The van der Waals surface area contributed by atoms with E-state index in [0.717, 1.165) is 6.42 Å². The lowest BCUT2D eigenvalue weighted by Gasteiger charge is -2.07. The van der Waals surface area contributed by atoms with E-state index in [4.69, 9.17) is 10.5 Å². The number of rotatable bonds is 7. The van der Waals surface area contributed by atoms with Gasteiger partial charge < -0.3 is 10.5 Å². The number of hydrogen-bond acceptors (Lipinski definition) is 6. The number of aromatic nitrogens is 5. The molecule has 0 fully saturated rings. The van der Waals surface area contributed by atoms with Gasteiger partial charge in [-0.3, -0.25) is 9.48 Å². The molecule has 2 N–H and O–H groups in total. The Bertz CT molecular complexity index is 589. The van der Waals surface area contributed by atoms with Gasteiger partial charge in [0.1, 0.15) is 12.2 Å². The van der Waals surface area contributed by atoms with Gasteiger partial charge in [0.2, 0.25) is 5.78 Å². The molecule has 2 rings (SSSR count). The van der Waals surface area contributed by atoms with Crippen molar-refractivity contribution < 1.29 is 9.53 Å². The molecular formula is C12H18N6O2. The molecule has 8 heteroatoms. The number of ketones is 1. The Morgan fingerprint density at radius 1 is 1.50 bits per heavy atom. The highest BCUT2D eigenvalue weighted by molar-refractivity contribution is 5.96. The molecule has 0 atom stereocenters. The van der Waals surface area contributed by atoms with E-state index in [1.54, 1.807) is 17.1 Å². The summed E-state index contributed by atoms with van der Waals surface area (Å²) in [6, 6.07) is 0. The predicted octanol–water partition coefficient (Wildman–Crippen LogP) is 0.235. The zero-order valence-electron chi connectivity index (χ0n) is 11.6. The van der Waals surface area contributed by atoms with Crippen LogP contribution < -0.4 is 10.5 Å². The maximum absolute atomic E-state index is 12.4. The number of carbonyl (C=O) groups is 1. The molecule has 0 aliphatic rings. The average Bonchev–Trinajstić information content (AvgIpc) is 3.05. The summed E-state index contributed by atoms with van der Waals surface area (Å²) in [5.74, 6) is 0.351. The Labute approximate surface area is 116 Å². The van der Waals surface area contributed by atoms with Crippen LogP contribution in [0.15, 0.2) is 12.4 Å². The van der Waals surface area contributed by atoms with Gasteiger partial charge in [-0.2, -0.15) is 5.10 Å². The monoisotopic (exact) mass is 278 g/mol. The van der Waals surface area contributed by atoms with Gasteiger partial charge in [0.25, 0.3) is 0 Å². The fourth-order valence-electron chi connectivity index (χ4n) is 1.91. The molecule has 8 nitrogen and oxygen atoms in total. The van der Waals surface area contributed by atoms with Crippen molar-refractivity contribution in [3.63, 3.8) is 0 Å². The van der Waals surface area contributed by atoms with Crippen LogP contribution in [0.4, 0.5) is 0 Å². The molecule has 0 aromatic carbocycles. The van der Waals surface area contributed by atoms with Crippen molar-refractivity contribution >= 4 is 5.78 Å². The van der Waals surface area contributed by atoms with Crippen LogP contribution in [0.2, 0.25) is 0 Å².